The molecule has 0 aliphatic rings. The van der Waals surface area contributed by atoms with Crippen LogP contribution < -0.4 is 0 Å². The van der Waals surface area contributed by atoms with Crippen molar-refractivity contribution in [2.45, 2.75) is 174 Å². The van der Waals surface area contributed by atoms with Crippen LogP contribution in [0.25, 0.3) is 0 Å². The molecule has 0 aliphatic carbocycles. The number of ether oxygens (including phenoxy) is 4. The van der Waals surface area contributed by atoms with E-state index in [4.69, 9.17) is 18.9 Å². The molecule has 0 saturated heterocycles. The van der Waals surface area contributed by atoms with Gasteiger partial charge in [-0.1, -0.05) is 149 Å². The molecule has 0 fully saturated rings. The average molecular weight is 571 g/mol. The molecule has 40 heavy (non-hydrogen) atoms. The highest BCUT2D eigenvalue weighted by atomic mass is 16.5. The predicted octanol–water partition coefficient (Wildman–Crippen LogP) is 10.4. The molecule has 0 saturated carbocycles. The lowest BCUT2D eigenvalue weighted by Crippen LogP contribution is -2.11. The van der Waals surface area contributed by atoms with Crippen LogP contribution in [0.3, 0.4) is 0 Å². The van der Waals surface area contributed by atoms with Gasteiger partial charge in [0.15, 0.2) is 0 Å². The van der Waals surface area contributed by atoms with E-state index in [9.17, 15) is 4.79 Å². The number of hydrogen-bond acceptors (Lipinski definition) is 5. The lowest BCUT2D eigenvalue weighted by atomic mass is 10.0. The number of unbranched alkanes of at least 4 members (excludes halogenated alkanes) is 21. The lowest BCUT2D eigenvalue weighted by Gasteiger charge is -2.07. The van der Waals surface area contributed by atoms with E-state index in [1.165, 1.54) is 128 Å². The summed E-state index contributed by atoms with van der Waals surface area (Å²) in [5.41, 5.74) is 0. The summed E-state index contributed by atoms with van der Waals surface area (Å²) in [4.78, 5) is 11.8. The van der Waals surface area contributed by atoms with Gasteiger partial charge in [0.05, 0.1) is 33.0 Å². The summed E-state index contributed by atoms with van der Waals surface area (Å²) in [6.45, 7) is 8.93. The Hall–Kier alpha value is -0.650. The molecule has 0 aromatic rings. The van der Waals surface area contributed by atoms with Gasteiger partial charge in [0.25, 0.3) is 0 Å². The van der Waals surface area contributed by atoms with Crippen molar-refractivity contribution >= 4 is 5.97 Å². The van der Waals surface area contributed by atoms with Crippen LogP contribution in [-0.2, 0) is 23.7 Å². The average Bonchev–Trinajstić information content (AvgIpc) is 2.96. The summed E-state index contributed by atoms with van der Waals surface area (Å²) < 4.78 is 22.1. The van der Waals surface area contributed by atoms with Gasteiger partial charge in [-0.25, -0.2) is 0 Å². The van der Waals surface area contributed by atoms with E-state index in [-0.39, 0.29) is 5.97 Å². The molecule has 0 atom stereocenters. The minimum atomic E-state index is -0.0985. The second-order valence-electron chi connectivity index (χ2n) is 11.6. The molecule has 0 heterocycles. The second kappa shape index (κ2) is 36.4. The second-order valence-corrected chi connectivity index (χ2v) is 11.6. The fraction of sp³-hybridized carbons (Fsp3) is 0.971. The van der Waals surface area contributed by atoms with Gasteiger partial charge in [-0.15, -0.1) is 0 Å². The zero-order valence-corrected chi connectivity index (χ0v) is 27.2. The number of esters is 1. The molecule has 5 heteroatoms. The molecule has 0 amide bonds. The first-order valence-electron chi connectivity index (χ1n) is 17.7. The Kier molecular flexibility index (Phi) is 35.8. The third-order valence-corrected chi connectivity index (χ3v) is 7.57. The van der Waals surface area contributed by atoms with Crippen LogP contribution in [0.4, 0.5) is 0 Å². The lowest BCUT2D eigenvalue weighted by molar-refractivity contribution is -0.144. The van der Waals surface area contributed by atoms with Gasteiger partial charge in [0.2, 0.25) is 0 Å². The summed E-state index contributed by atoms with van der Waals surface area (Å²) >= 11 is 0. The maximum Gasteiger partial charge on any atom is 0.305 e. The molecule has 0 bridgehead atoms. The first-order valence-corrected chi connectivity index (χ1v) is 17.7. The van der Waals surface area contributed by atoms with Gasteiger partial charge < -0.3 is 18.9 Å². The largest absolute Gasteiger partial charge is 0.466 e. The van der Waals surface area contributed by atoms with Crippen molar-refractivity contribution in [3.63, 3.8) is 0 Å². The van der Waals surface area contributed by atoms with Crippen molar-refractivity contribution in [2.75, 3.05) is 46.2 Å². The molecule has 0 aliphatic heterocycles. The fourth-order valence-corrected chi connectivity index (χ4v) is 4.93. The Morgan fingerprint density at radius 3 is 1.05 bits per heavy atom. The third kappa shape index (κ3) is 35.4. The zero-order chi connectivity index (χ0) is 29.0. The number of rotatable bonds is 35. The Bertz CT molecular complexity index is 471. The smallest absolute Gasteiger partial charge is 0.305 e. The highest BCUT2D eigenvalue weighted by molar-refractivity contribution is 5.69. The van der Waals surface area contributed by atoms with E-state index in [1.807, 2.05) is 0 Å². The van der Waals surface area contributed by atoms with Gasteiger partial charge in [0, 0.05) is 19.6 Å². The monoisotopic (exact) mass is 571 g/mol. The molecule has 240 valence electrons. The molecule has 0 N–H and O–H groups in total. The minimum absolute atomic E-state index is 0.0985. The molecule has 0 aromatic carbocycles. The maximum absolute atomic E-state index is 11.8. The summed E-state index contributed by atoms with van der Waals surface area (Å²) in [5, 5.41) is 0. The SMILES string of the molecule is CCCCCCCCCCCCCCCCOC(=O)CCCOCCOCCOCCCCCCCCCCC. The molecule has 0 unspecified atom stereocenters. The molecule has 0 rings (SSSR count). The first-order chi connectivity index (χ1) is 19.8. The molecular formula is C35H70O5. The Balaban J connectivity index is 3.14. The summed E-state index contributed by atoms with van der Waals surface area (Å²) in [5.74, 6) is -0.0985. The van der Waals surface area contributed by atoms with Crippen LogP contribution in [0.2, 0.25) is 0 Å². The summed E-state index contributed by atoms with van der Waals surface area (Å²) in [6.07, 6.45) is 31.9. The van der Waals surface area contributed by atoms with Crippen LogP contribution in [0.1, 0.15) is 174 Å². The quantitative estimate of drug-likeness (QED) is 0.0560. The predicted molar refractivity (Wildman–Crippen MR) is 170 cm³/mol. The van der Waals surface area contributed by atoms with E-state index in [0.717, 1.165) is 25.9 Å². The van der Waals surface area contributed by atoms with E-state index >= 15 is 0 Å². The highest BCUT2D eigenvalue weighted by Gasteiger charge is 2.03. The van der Waals surface area contributed by atoms with Crippen LogP contribution in [0.15, 0.2) is 0 Å². The van der Waals surface area contributed by atoms with Crippen LogP contribution in [0, 0.1) is 0 Å². The van der Waals surface area contributed by atoms with E-state index in [2.05, 4.69) is 13.8 Å². The summed E-state index contributed by atoms with van der Waals surface area (Å²) in [6, 6.07) is 0. The van der Waals surface area contributed by atoms with E-state index in [0.29, 0.717) is 52.5 Å². The highest BCUT2D eigenvalue weighted by Crippen LogP contribution is 2.13. The number of hydrogen-bond donors (Lipinski definition) is 0. The van der Waals surface area contributed by atoms with Gasteiger partial charge in [-0.05, 0) is 19.3 Å². The molecular weight excluding hydrogens is 500 g/mol. The maximum atomic E-state index is 11.8. The van der Waals surface area contributed by atoms with Gasteiger partial charge >= 0.3 is 5.97 Å². The fourth-order valence-electron chi connectivity index (χ4n) is 4.93. The van der Waals surface area contributed by atoms with E-state index in [1.54, 1.807) is 0 Å². The van der Waals surface area contributed by atoms with Gasteiger partial charge in [-0.2, -0.15) is 0 Å². The van der Waals surface area contributed by atoms with Crippen molar-refractivity contribution in [1.82, 2.24) is 0 Å². The van der Waals surface area contributed by atoms with Crippen molar-refractivity contribution < 1.29 is 23.7 Å². The first kappa shape index (κ1) is 39.4. The molecule has 0 spiro atoms. The molecule has 5 nitrogen and oxygen atoms in total. The van der Waals surface area contributed by atoms with Gasteiger partial charge in [-0.3, -0.25) is 4.79 Å². The van der Waals surface area contributed by atoms with Crippen molar-refractivity contribution in [1.29, 1.82) is 0 Å². The van der Waals surface area contributed by atoms with E-state index < -0.39 is 0 Å². The minimum Gasteiger partial charge on any atom is -0.466 e. The zero-order valence-electron chi connectivity index (χ0n) is 27.2. The van der Waals surface area contributed by atoms with Crippen molar-refractivity contribution in [3.8, 4) is 0 Å². The molecule has 0 aromatic heterocycles. The van der Waals surface area contributed by atoms with Crippen LogP contribution >= 0.6 is 0 Å². The van der Waals surface area contributed by atoms with Crippen molar-refractivity contribution in [3.05, 3.63) is 0 Å². The standard InChI is InChI=1S/C35H70O5/c1-3-5-7-9-11-13-14-15-16-17-19-21-23-25-30-40-35(36)27-26-29-38-32-34-39-33-31-37-28-24-22-20-18-12-10-8-6-4-2/h3-34H2,1-2H3. The topological polar surface area (TPSA) is 54.0 Å². The van der Waals surface area contributed by atoms with Gasteiger partial charge in [0.1, 0.15) is 0 Å². The Morgan fingerprint density at radius 1 is 0.350 bits per heavy atom. The third-order valence-electron chi connectivity index (χ3n) is 7.57. The molecule has 0 radical (unpaired) electrons. The summed E-state index contributed by atoms with van der Waals surface area (Å²) in [7, 11) is 0. The number of carbonyl (C=O) groups is 1. The van der Waals surface area contributed by atoms with Crippen LogP contribution in [0.5, 0.6) is 0 Å². The number of carbonyl (C=O) groups excluding carboxylic acids is 1. The Labute approximate surface area is 250 Å². The van der Waals surface area contributed by atoms with Crippen LogP contribution in [-0.4, -0.2) is 52.2 Å². The Morgan fingerprint density at radius 2 is 0.650 bits per heavy atom. The normalized spacial score (nSPS) is 11.3. The van der Waals surface area contributed by atoms with Crippen molar-refractivity contribution in [2.24, 2.45) is 0 Å².